The Balaban J connectivity index is 1.84. The fourth-order valence-corrected chi connectivity index (χ4v) is 3.08. The summed E-state index contributed by atoms with van der Waals surface area (Å²) >= 11 is 3.33. The molecular weight excluding hydrogens is 388 g/mol. The van der Waals surface area contributed by atoms with Gasteiger partial charge in [-0.2, -0.15) is 0 Å². The van der Waals surface area contributed by atoms with Crippen LogP contribution in [-0.2, 0) is 14.3 Å². The van der Waals surface area contributed by atoms with Crippen LogP contribution >= 0.6 is 15.9 Å². The van der Waals surface area contributed by atoms with Gasteiger partial charge in [0, 0.05) is 30.2 Å². The largest absolute Gasteiger partial charge is 0.466 e. The lowest BCUT2D eigenvalue weighted by Gasteiger charge is -2.32. The number of amides is 2. The van der Waals surface area contributed by atoms with Gasteiger partial charge < -0.3 is 14.5 Å². The van der Waals surface area contributed by atoms with Crippen molar-refractivity contribution in [2.75, 3.05) is 33.3 Å². The molecule has 0 aromatic heterocycles. The highest BCUT2D eigenvalue weighted by molar-refractivity contribution is 9.10. The summed E-state index contributed by atoms with van der Waals surface area (Å²) in [6.45, 7) is 3.22. The molecule has 0 aliphatic carbocycles. The van der Waals surface area contributed by atoms with E-state index in [0.717, 1.165) is 4.47 Å². The predicted octanol–water partition coefficient (Wildman–Crippen LogP) is 2.32. The number of halogens is 1. The summed E-state index contributed by atoms with van der Waals surface area (Å²) < 4.78 is 5.93. The molecule has 2 rings (SSSR count). The monoisotopic (exact) mass is 410 g/mol. The molecule has 25 heavy (non-hydrogen) atoms. The molecule has 7 heteroatoms. The average Bonchev–Trinajstić information content (AvgIpc) is 2.62. The van der Waals surface area contributed by atoms with Crippen LogP contribution in [0.15, 0.2) is 28.7 Å². The third-order valence-corrected chi connectivity index (χ3v) is 4.81. The lowest BCUT2D eigenvalue weighted by Crippen LogP contribution is -2.45. The molecule has 136 valence electrons. The normalized spacial score (nSPS) is 14.9. The molecule has 2 amide bonds. The Labute approximate surface area is 156 Å². The van der Waals surface area contributed by atoms with Gasteiger partial charge in [-0.05, 0) is 44.0 Å². The Morgan fingerprint density at radius 2 is 1.80 bits per heavy atom. The molecule has 1 fully saturated rings. The van der Waals surface area contributed by atoms with E-state index in [1.54, 1.807) is 43.1 Å². The van der Waals surface area contributed by atoms with Gasteiger partial charge in [0.25, 0.3) is 5.91 Å². The third kappa shape index (κ3) is 5.29. The number of rotatable bonds is 5. The summed E-state index contributed by atoms with van der Waals surface area (Å²) in [5.41, 5.74) is 0.541. The molecule has 0 spiro atoms. The first kappa shape index (κ1) is 19.4. The Morgan fingerprint density at radius 1 is 1.20 bits per heavy atom. The number of likely N-dealkylation sites (N-methyl/N-ethyl adjacent to an activating group) is 1. The molecule has 0 saturated carbocycles. The number of esters is 1. The maximum atomic E-state index is 12.4. The molecule has 0 unspecified atom stereocenters. The smallest absolute Gasteiger partial charge is 0.309 e. The summed E-state index contributed by atoms with van der Waals surface area (Å²) in [6, 6.07) is 7.03. The fraction of sp³-hybridized carbons (Fsp3) is 0.500. The lowest BCUT2D eigenvalue weighted by molar-refractivity contribution is -0.151. The number of carbonyl (C=O) groups excluding carboxylic acids is 3. The molecule has 6 nitrogen and oxygen atoms in total. The van der Waals surface area contributed by atoms with Crippen LogP contribution in [0.4, 0.5) is 0 Å². The Kier molecular flexibility index (Phi) is 6.99. The van der Waals surface area contributed by atoms with Gasteiger partial charge in [0.2, 0.25) is 5.91 Å². The standard InChI is InChI=1S/C18H23BrN2O4/c1-3-25-18(24)14-8-10-21(11-9-14)16(22)12-20(2)17(23)13-4-6-15(19)7-5-13/h4-7,14H,3,8-12H2,1-2H3. The maximum absolute atomic E-state index is 12.4. The van der Waals surface area contributed by atoms with Crippen molar-refractivity contribution in [3.05, 3.63) is 34.3 Å². The van der Waals surface area contributed by atoms with Crippen LogP contribution in [0.3, 0.4) is 0 Å². The van der Waals surface area contributed by atoms with Gasteiger partial charge in [-0.15, -0.1) is 0 Å². The van der Waals surface area contributed by atoms with E-state index in [9.17, 15) is 14.4 Å². The Morgan fingerprint density at radius 3 is 2.36 bits per heavy atom. The first-order valence-electron chi connectivity index (χ1n) is 8.37. The highest BCUT2D eigenvalue weighted by Crippen LogP contribution is 2.19. The molecule has 1 aliphatic heterocycles. The van der Waals surface area contributed by atoms with E-state index in [4.69, 9.17) is 4.74 Å². The minimum absolute atomic E-state index is 0.0268. The van der Waals surface area contributed by atoms with Crippen LogP contribution in [0.25, 0.3) is 0 Å². The van der Waals surface area contributed by atoms with E-state index in [-0.39, 0.29) is 30.2 Å². The number of carbonyl (C=O) groups is 3. The van der Waals surface area contributed by atoms with Gasteiger partial charge in [0.05, 0.1) is 19.1 Å². The van der Waals surface area contributed by atoms with Crippen molar-refractivity contribution in [1.29, 1.82) is 0 Å². The Hall–Kier alpha value is -1.89. The van der Waals surface area contributed by atoms with Gasteiger partial charge in [0.1, 0.15) is 0 Å². The second kappa shape index (κ2) is 8.99. The van der Waals surface area contributed by atoms with Crippen LogP contribution in [0.1, 0.15) is 30.1 Å². The van der Waals surface area contributed by atoms with Gasteiger partial charge in [0.15, 0.2) is 0 Å². The zero-order valence-electron chi connectivity index (χ0n) is 14.5. The maximum Gasteiger partial charge on any atom is 0.309 e. The number of likely N-dealkylation sites (tertiary alicyclic amines) is 1. The molecule has 1 saturated heterocycles. The fourth-order valence-electron chi connectivity index (χ4n) is 2.81. The number of hydrogen-bond acceptors (Lipinski definition) is 4. The first-order chi connectivity index (χ1) is 11.9. The van der Waals surface area contributed by atoms with E-state index in [1.165, 1.54) is 4.90 Å². The molecule has 0 atom stereocenters. The number of benzene rings is 1. The zero-order valence-corrected chi connectivity index (χ0v) is 16.1. The lowest BCUT2D eigenvalue weighted by atomic mass is 9.97. The topological polar surface area (TPSA) is 66.9 Å². The minimum Gasteiger partial charge on any atom is -0.466 e. The quantitative estimate of drug-likeness (QED) is 0.698. The number of ether oxygens (including phenoxy) is 1. The van der Waals surface area contributed by atoms with Crippen LogP contribution in [-0.4, -0.2) is 60.9 Å². The zero-order chi connectivity index (χ0) is 18.4. The highest BCUT2D eigenvalue weighted by atomic mass is 79.9. The molecular formula is C18H23BrN2O4. The van der Waals surface area contributed by atoms with Crippen molar-refractivity contribution in [1.82, 2.24) is 9.80 Å². The van der Waals surface area contributed by atoms with Crippen molar-refractivity contribution < 1.29 is 19.1 Å². The molecule has 1 aliphatic rings. The number of piperidine rings is 1. The van der Waals surface area contributed by atoms with E-state index in [2.05, 4.69) is 15.9 Å². The predicted molar refractivity (Wildman–Crippen MR) is 97.0 cm³/mol. The minimum atomic E-state index is -0.192. The van der Waals surface area contributed by atoms with Crippen LogP contribution in [0.2, 0.25) is 0 Å². The van der Waals surface area contributed by atoms with E-state index in [0.29, 0.717) is 38.1 Å². The second-order valence-corrected chi connectivity index (χ2v) is 6.99. The van der Waals surface area contributed by atoms with Crippen LogP contribution in [0.5, 0.6) is 0 Å². The molecule has 0 N–H and O–H groups in total. The van der Waals surface area contributed by atoms with Crippen molar-refractivity contribution in [2.24, 2.45) is 5.92 Å². The van der Waals surface area contributed by atoms with E-state index < -0.39 is 0 Å². The van der Waals surface area contributed by atoms with Crippen LogP contribution in [0, 0.1) is 5.92 Å². The summed E-state index contributed by atoms with van der Waals surface area (Å²) in [4.78, 5) is 39.6. The summed E-state index contributed by atoms with van der Waals surface area (Å²) in [5, 5.41) is 0. The van der Waals surface area contributed by atoms with Crippen LogP contribution < -0.4 is 0 Å². The third-order valence-electron chi connectivity index (χ3n) is 4.28. The van der Waals surface area contributed by atoms with Gasteiger partial charge in [-0.25, -0.2) is 0 Å². The van der Waals surface area contributed by atoms with Gasteiger partial charge >= 0.3 is 5.97 Å². The number of hydrogen-bond donors (Lipinski definition) is 0. The second-order valence-electron chi connectivity index (χ2n) is 6.08. The average molecular weight is 411 g/mol. The summed E-state index contributed by atoms with van der Waals surface area (Å²) in [5.74, 6) is -0.610. The summed E-state index contributed by atoms with van der Waals surface area (Å²) in [6.07, 6.45) is 1.21. The molecule has 1 aromatic rings. The SMILES string of the molecule is CCOC(=O)C1CCN(C(=O)CN(C)C(=O)c2ccc(Br)cc2)CC1. The van der Waals surface area contributed by atoms with Gasteiger partial charge in [-0.1, -0.05) is 15.9 Å². The van der Waals surface area contributed by atoms with Crippen molar-refractivity contribution in [3.8, 4) is 0 Å². The van der Waals surface area contributed by atoms with E-state index >= 15 is 0 Å². The Bertz CT molecular complexity index is 624. The molecule has 0 bridgehead atoms. The van der Waals surface area contributed by atoms with E-state index in [1.807, 2.05) is 0 Å². The number of nitrogens with zero attached hydrogens (tertiary/aromatic N) is 2. The molecule has 0 radical (unpaired) electrons. The highest BCUT2D eigenvalue weighted by Gasteiger charge is 2.29. The van der Waals surface area contributed by atoms with Crippen molar-refractivity contribution in [3.63, 3.8) is 0 Å². The molecule has 1 heterocycles. The van der Waals surface area contributed by atoms with Crippen molar-refractivity contribution >= 4 is 33.7 Å². The summed E-state index contributed by atoms with van der Waals surface area (Å²) in [7, 11) is 1.62. The molecule has 1 aromatic carbocycles. The van der Waals surface area contributed by atoms with Crippen molar-refractivity contribution in [2.45, 2.75) is 19.8 Å². The van der Waals surface area contributed by atoms with Gasteiger partial charge in [-0.3, -0.25) is 14.4 Å². The first-order valence-corrected chi connectivity index (χ1v) is 9.17.